The summed E-state index contributed by atoms with van der Waals surface area (Å²) in [5.41, 5.74) is 6.19. The Balaban J connectivity index is 2.55. The molecule has 0 aliphatic heterocycles. The van der Waals surface area contributed by atoms with Crippen LogP contribution in [0.25, 0.3) is 0 Å². The molecule has 0 aromatic carbocycles. The van der Waals surface area contributed by atoms with Crippen LogP contribution in [0.1, 0.15) is 12.6 Å². The molecule has 14 heavy (non-hydrogen) atoms. The van der Waals surface area contributed by atoms with Gasteiger partial charge in [0.2, 0.25) is 5.91 Å². The van der Waals surface area contributed by atoms with Gasteiger partial charge in [0.15, 0.2) is 5.13 Å². The predicted octanol–water partition coefficient (Wildman–Crippen LogP) is 0.575. The smallest absolute Gasteiger partial charge is 0.242 e. The third-order valence-electron chi connectivity index (χ3n) is 1.49. The maximum Gasteiger partial charge on any atom is 0.242 e. The minimum atomic E-state index is -0.523. The van der Waals surface area contributed by atoms with Crippen LogP contribution >= 0.6 is 11.3 Å². The molecule has 78 valence electrons. The van der Waals surface area contributed by atoms with Crippen LogP contribution in [0.3, 0.4) is 0 Å². The molecule has 1 heterocycles. The van der Waals surface area contributed by atoms with Crippen molar-refractivity contribution in [3.8, 4) is 0 Å². The highest BCUT2D eigenvalue weighted by Gasteiger charge is 2.09. The number of nitrogens with two attached hydrogens (primary N) is 1. The van der Waals surface area contributed by atoms with Crippen LogP contribution in [0.5, 0.6) is 0 Å². The van der Waals surface area contributed by atoms with Gasteiger partial charge in [-0.3, -0.25) is 4.79 Å². The molecular weight excluding hydrogens is 202 g/mol. The Kier molecular flexibility index (Phi) is 3.99. The molecular formula is C8H13N3O2S. The number of ether oxygens (including phenoxy) is 1. The summed E-state index contributed by atoms with van der Waals surface area (Å²) >= 11 is 1.36. The van der Waals surface area contributed by atoms with Crippen molar-refractivity contribution in [2.45, 2.75) is 19.6 Å². The number of carbonyl (C=O) groups is 1. The van der Waals surface area contributed by atoms with Crippen molar-refractivity contribution in [3.63, 3.8) is 0 Å². The highest BCUT2D eigenvalue weighted by atomic mass is 32.1. The van der Waals surface area contributed by atoms with Crippen molar-refractivity contribution in [1.29, 1.82) is 0 Å². The van der Waals surface area contributed by atoms with E-state index >= 15 is 0 Å². The lowest BCUT2D eigenvalue weighted by molar-refractivity contribution is -0.117. The number of hydrogen-bond acceptors (Lipinski definition) is 5. The second-order valence-corrected chi connectivity index (χ2v) is 3.71. The Morgan fingerprint density at radius 3 is 3.14 bits per heavy atom. The standard InChI is InChI=1S/C8H13N3O2S/c1-5(9)7(12)11-8-10-6(3-13-2)4-14-8/h4-5H,3,9H2,1-2H3,(H,10,11,12)/t5-/m1/s1. The molecule has 0 fully saturated rings. The molecule has 0 saturated carbocycles. The van der Waals surface area contributed by atoms with E-state index in [4.69, 9.17) is 10.5 Å². The van der Waals surface area contributed by atoms with Gasteiger partial charge in [-0.05, 0) is 6.92 Å². The van der Waals surface area contributed by atoms with Crippen molar-refractivity contribution in [1.82, 2.24) is 4.98 Å². The Labute approximate surface area is 86.3 Å². The number of nitrogens with one attached hydrogen (secondary N) is 1. The lowest BCUT2D eigenvalue weighted by atomic mass is 10.3. The van der Waals surface area contributed by atoms with Crippen LogP contribution in [0.15, 0.2) is 5.38 Å². The Bertz CT molecular complexity index is 311. The average molecular weight is 215 g/mol. The number of carbonyl (C=O) groups excluding carboxylic acids is 1. The molecule has 3 N–H and O–H groups in total. The molecule has 5 nitrogen and oxygen atoms in total. The van der Waals surface area contributed by atoms with Gasteiger partial charge >= 0.3 is 0 Å². The van der Waals surface area contributed by atoms with Crippen LogP contribution in [-0.4, -0.2) is 24.0 Å². The van der Waals surface area contributed by atoms with Gasteiger partial charge < -0.3 is 15.8 Å². The predicted molar refractivity (Wildman–Crippen MR) is 55.1 cm³/mol. The highest BCUT2D eigenvalue weighted by molar-refractivity contribution is 7.13. The first-order chi connectivity index (χ1) is 6.63. The van der Waals surface area contributed by atoms with E-state index in [0.29, 0.717) is 11.7 Å². The third kappa shape index (κ3) is 3.06. The van der Waals surface area contributed by atoms with Crippen LogP contribution in [-0.2, 0) is 16.1 Å². The molecule has 0 aliphatic rings. The number of thiazole rings is 1. The molecule has 1 atom stereocenters. The number of methoxy groups -OCH3 is 1. The lowest BCUT2D eigenvalue weighted by Gasteiger charge is -2.03. The van der Waals surface area contributed by atoms with Crippen molar-refractivity contribution in [2.75, 3.05) is 12.4 Å². The Hall–Kier alpha value is -0.980. The Morgan fingerprint density at radius 2 is 2.57 bits per heavy atom. The topological polar surface area (TPSA) is 77.2 Å². The maximum atomic E-state index is 11.2. The van der Waals surface area contributed by atoms with Crippen molar-refractivity contribution in [3.05, 3.63) is 11.1 Å². The molecule has 0 spiro atoms. The molecule has 0 unspecified atom stereocenters. The number of amides is 1. The molecule has 1 rings (SSSR count). The van der Waals surface area contributed by atoms with E-state index in [9.17, 15) is 4.79 Å². The number of anilines is 1. The van der Waals surface area contributed by atoms with Gasteiger partial charge in [-0.2, -0.15) is 0 Å². The monoisotopic (exact) mass is 215 g/mol. The summed E-state index contributed by atoms with van der Waals surface area (Å²) in [5, 5.41) is 5.00. The van der Waals surface area contributed by atoms with Gasteiger partial charge in [0, 0.05) is 12.5 Å². The fourth-order valence-corrected chi connectivity index (χ4v) is 1.50. The number of aromatic nitrogens is 1. The summed E-state index contributed by atoms with van der Waals surface area (Å²) < 4.78 is 4.90. The largest absolute Gasteiger partial charge is 0.378 e. The van der Waals surface area contributed by atoms with E-state index in [2.05, 4.69) is 10.3 Å². The van der Waals surface area contributed by atoms with E-state index in [-0.39, 0.29) is 5.91 Å². The summed E-state index contributed by atoms with van der Waals surface area (Å²) in [4.78, 5) is 15.3. The zero-order chi connectivity index (χ0) is 10.6. The third-order valence-corrected chi connectivity index (χ3v) is 2.29. The van der Waals surface area contributed by atoms with Gasteiger partial charge in [0.25, 0.3) is 0 Å². The van der Waals surface area contributed by atoms with Gasteiger partial charge in [0.05, 0.1) is 18.3 Å². The van der Waals surface area contributed by atoms with Crippen molar-refractivity contribution in [2.24, 2.45) is 5.73 Å². The van der Waals surface area contributed by atoms with Gasteiger partial charge in [-0.15, -0.1) is 11.3 Å². The molecule has 0 bridgehead atoms. The van der Waals surface area contributed by atoms with E-state index in [0.717, 1.165) is 5.69 Å². The normalized spacial score (nSPS) is 12.5. The quantitative estimate of drug-likeness (QED) is 0.770. The van der Waals surface area contributed by atoms with Crippen molar-refractivity contribution < 1.29 is 9.53 Å². The summed E-state index contributed by atoms with van der Waals surface area (Å²) in [6.45, 7) is 2.07. The molecule has 0 aliphatic carbocycles. The summed E-state index contributed by atoms with van der Waals surface area (Å²) in [5.74, 6) is -0.233. The van der Waals surface area contributed by atoms with Gasteiger partial charge in [-0.25, -0.2) is 4.98 Å². The first kappa shape index (κ1) is 11.1. The van der Waals surface area contributed by atoms with E-state index < -0.39 is 6.04 Å². The summed E-state index contributed by atoms with van der Waals surface area (Å²) in [7, 11) is 1.60. The molecule has 1 aromatic heterocycles. The second-order valence-electron chi connectivity index (χ2n) is 2.85. The fourth-order valence-electron chi connectivity index (χ4n) is 0.798. The minimum absolute atomic E-state index is 0.233. The van der Waals surface area contributed by atoms with E-state index in [1.165, 1.54) is 11.3 Å². The number of hydrogen-bond donors (Lipinski definition) is 2. The number of nitrogens with zero attached hydrogens (tertiary/aromatic N) is 1. The zero-order valence-corrected chi connectivity index (χ0v) is 8.93. The minimum Gasteiger partial charge on any atom is -0.378 e. The van der Waals surface area contributed by atoms with E-state index in [1.54, 1.807) is 14.0 Å². The summed E-state index contributed by atoms with van der Waals surface area (Å²) in [6.07, 6.45) is 0. The van der Waals surface area contributed by atoms with Gasteiger partial charge in [0.1, 0.15) is 0 Å². The van der Waals surface area contributed by atoms with Gasteiger partial charge in [-0.1, -0.05) is 0 Å². The van der Waals surface area contributed by atoms with Crippen LogP contribution in [0.4, 0.5) is 5.13 Å². The fraction of sp³-hybridized carbons (Fsp3) is 0.500. The van der Waals surface area contributed by atoms with Crippen LogP contribution in [0, 0.1) is 0 Å². The molecule has 6 heteroatoms. The molecule has 1 amide bonds. The van der Waals surface area contributed by atoms with Crippen LogP contribution < -0.4 is 11.1 Å². The molecule has 0 radical (unpaired) electrons. The Morgan fingerprint density at radius 1 is 1.86 bits per heavy atom. The van der Waals surface area contributed by atoms with Crippen molar-refractivity contribution >= 4 is 22.4 Å². The molecule has 1 aromatic rings. The first-order valence-corrected chi connectivity index (χ1v) is 5.01. The first-order valence-electron chi connectivity index (χ1n) is 4.13. The summed E-state index contributed by atoms with van der Waals surface area (Å²) in [6, 6.07) is -0.523. The number of rotatable bonds is 4. The van der Waals surface area contributed by atoms with Crippen LogP contribution in [0.2, 0.25) is 0 Å². The second kappa shape index (κ2) is 5.04. The molecule has 0 saturated heterocycles. The SMILES string of the molecule is COCc1csc(NC(=O)[C@@H](C)N)n1. The van der Waals surface area contributed by atoms with E-state index in [1.807, 2.05) is 5.38 Å². The maximum absolute atomic E-state index is 11.2. The highest BCUT2D eigenvalue weighted by Crippen LogP contribution is 2.15. The lowest BCUT2D eigenvalue weighted by Crippen LogP contribution is -2.32. The zero-order valence-electron chi connectivity index (χ0n) is 8.11. The average Bonchev–Trinajstić information content (AvgIpc) is 2.53.